The van der Waals surface area contributed by atoms with E-state index in [1.807, 2.05) is 18.2 Å². The Hall–Kier alpha value is -1.67. The second-order valence-electron chi connectivity index (χ2n) is 3.44. The van der Waals surface area contributed by atoms with Crippen molar-refractivity contribution in [2.75, 3.05) is 0 Å². The molecule has 0 aliphatic heterocycles. The van der Waals surface area contributed by atoms with Crippen LogP contribution in [-0.2, 0) is 0 Å². The van der Waals surface area contributed by atoms with E-state index in [1.165, 1.54) is 6.07 Å². The van der Waals surface area contributed by atoms with Crippen LogP contribution in [0.3, 0.4) is 0 Å². The first-order valence-electron chi connectivity index (χ1n) is 4.79. The van der Waals surface area contributed by atoms with E-state index in [9.17, 15) is 4.39 Å². The van der Waals surface area contributed by atoms with Gasteiger partial charge in [-0.15, -0.1) is 6.58 Å². The van der Waals surface area contributed by atoms with Crippen LogP contribution in [0.25, 0.3) is 10.8 Å². The average Bonchev–Trinajstić information content (AvgIpc) is 2.29. The summed E-state index contributed by atoms with van der Waals surface area (Å²) in [7, 11) is 0. The quantitative estimate of drug-likeness (QED) is 0.742. The van der Waals surface area contributed by atoms with Crippen LogP contribution < -0.4 is 5.73 Å². The zero-order valence-electron chi connectivity index (χ0n) is 8.28. The van der Waals surface area contributed by atoms with Gasteiger partial charge in [0.05, 0.1) is 0 Å². The van der Waals surface area contributed by atoms with Gasteiger partial charge < -0.3 is 5.73 Å². The van der Waals surface area contributed by atoms with Gasteiger partial charge in [0.2, 0.25) is 0 Å². The van der Waals surface area contributed by atoms with Crippen LogP contribution in [0.15, 0.2) is 49.1 Å². The Morgan fingerprint density at radius 2 is 1.80 bits per heavy atom. The van der Waals surface area contributed by atoms with Crippen molar-refractivity contribution in [1.82, 2.24) is 0 Å². The lowest BCUT2D eigenvalue weighted by Crippen LogP contribution is -2.07. The van der Waals surface area contributed by atoms with Gasteiger partial charge in [-0.2, -0.15) is 0 Å². The van der Waals surface area contributed by atoms with Gasteiger partial charge >= 0.3 is 0 Å². The lowest BCUT2D eigenvalue weighted by molar-refractivity contribution is 0.639. The first-order chi connectivity index (χ1) is 7.24. The topological polar surface area (TPSA) is 26.0 Å². The molecule has 2 rings (SSSR count). The minimum Gasteiger partial charge on any atom is -0.321 e. The zero-order valence-corrected chi connectivity index (χ0v) is 8.28. The molecule has 1 nitrogen and oxygen atoms in total. The number of hydrogen-bond acceptors (Lipinski definition) is 1. The van der Waals surface area contributed by atoms with Gasteiger partial charge in [-0.25, -0.2) is 4.39 Å². The zero-order chi connectivity index (χ0) is 10.8. The minimum absolute atomic E-state index is 0.217. The number of fused-ring (bicyclic) bond motifs is 1. The summed E-state index contributed by atoms with van der Waals surface area (Å²) in [6.45, 7) is 3.65. The standard InChI is InChI=1S/C13H12FN/c1-2-13(15)11-7-8-12(14)10-6-4-3-5-9(10)11/h2-8,13H,1,15H2. The summed E-state index contributed by atoms with van der Waals surface area (Å²) in [6.07, 6.45) is 1.65. The maximum atomic E-state index is 13.5. The van der Waals surface area contributed by atoms with Crippen molar-refractivity contribution >= 4 is 10.8 Å². The first-order valence-corrected chi connectivity index (χ1v) is 4.79. The van der Waals surface area contributed by atoms with Crippen molar-refractivity contribution in [1.29, 1.82) is 0 Å². The van der Waals surface area contributed by atoms with Crippen LogP contribution >= 0.6 is 0 Å². The Kier molecular flexibility index (Phi) is 2.52. The molecular formula is C13H12FN. The normalized spacial score (nSPS) is 12.7. The highest BCUT2D eigenvalue weighted by molar-refractivity contribution is 5.86. The monoisotopic (exact) mass is 201 g/mol. The Morgan fingerprint density at radius 3 is 2.47 bits per heavy atom. The van der Waals surface area contributed by atoms with E-state index in [1.54, 1.807) is 18.2 Å². The molecule has 0 aromatic heterocycles. The lowest BCUT2D eigenvalue weighted by Gasteiger charge is -2.10. The number of hydrogen-bond donors (Lipinski definition) is 1. The van der Waals surface area contributed by atoms with Crippen molar-refractivity contribution in [3.8, 4) is 0 Å². The van der Waals surface area contributed by atoms with Gasteiger partial charge in [0.25, 0.3) is 0 Å². The third-order valence-electron chi connectivity index (χ3n) is 2.52. The molecule has 15 heavy (non-hydrogen) atoms. The molecule has 0 amide bonds. The molecule has 0 aliphatic carbocycles. The summed E-state index contributed by atoms with van der Waals surface area (Å²) in [6, 6.07) is 10.2. The van der Waals surface area contributed by atoms with Gasteiger partial charge in [-0.1, -0.05) is 36.4 Å². The smallest absolute Gasteiger partial charge is 0.131 e. The molecule has 0 bridgehead atoms. The van der Waals surface area contributed by atoms with E-state index in [4.69, 9.17) is 5.73 Å². The lowest BCUT2D eigenvalue weighted by atomic mass is 9.99. The van der Waals surface area contributed by atoms with Crippen molar-refractivity contribution in [3.05, 3.63) is 60.4 Å². The third kappa shape index (κ3) is 1.64. The molecule has 2 N–H and O–H groups in total. The van der Waals surface area contributed by atoms with Gasteiger partial charge in [0.1, 0.15) is 5.82 Å². The van der Waals surface area contributed by atoms with Crippen LogP contribution in [0.2, 0.25) is 0 Å². The predicted octanol–water partition coefficient (Wildman–Crippen LogP) is 3.16. The molecule has 2 heteroatoms. The number of halogens is 1. The summed E-state index contributed by atoms with van der Waals surface area (Å²) in [5, 5.41) is 1.46. The Balaban J connectivity index is 2.77. The highest BCUT2D eigenvalue weighted by Gasteiger charge is 2.08. The van der Waals surface area contributed by atoms with E-state index >= 15 is 0 Å². The molecule has 1 unspecified atom stereocenters. The maximum Gasteiger partial charge on any atom is 0.131 e. The highest BCUT2D eigenvalue weighted by atomic mass is 19.1. The predicted molar refractivity (Wildman–Crippen MR) is 61.0 cm³/mol. The molecule has 0 saturated carbocycles. The SMILES string of the molecule is C=CC(N)c1ccc(F)c2ccccc12. The van der Waals surface area contributed by atoms with E-state index in [0.29, 0.717) is 5.39 Å². The van der Waals surface area contributed by atoms with E-state index in [2.05, 4.69) is 6.58 Å². The van der Waals surface area contributed by atoms with E-state index < -0.39 is 0 Å². The maximum absolute atomic E-state index is 13.5. The first kappa shape index (κ1) is 9.87. The second-order valence-corrected chi connectivity index (χ2v) is 3.44. The molecular weight excluding hydrogens is 189 g/mol. The number of benzene rings is 2. The van der Waals surface area contributed by atoms with Crippen LogP contribution in [0.1, 0.15) is 11.6 Å². The average molecular weight is 201 g/mol. The van der Waals surface area contributed by atoms with Gasteiger partial charge in [-0.05, 0) is 17.0 Å². The van der Waals surface area contributed by atoms with Crippen molar-refractivity contribution in [2.45, 2.75) is 6.04 Å². The van der Waals surface area contributed by atoms with Crippen LogP contribution in [0, 0.1) is 5.82 Å². The fourth-order valence-electron chi connectivity index (χ4n) is 1.70. The second kappa shape index (κ2) is 3.83. The van der Waals surface area contributed by atoms with Crippen LogP contribution in [0.4, 0.5) is 4.39 Å². The summed E-state index contributed by atoms with van der Waals surface area (Å²) in [4.78, 5) is 0. The van der Waals surface area contributed by atoms with E-state index in [0.717, 1.165) is 10.9 Å². The van der Waals surface area contributed by atoms with E-state index in [-0.39, 0.29) is 11.9 Å². The van der Waals surface area contributed by atoms with Gasteiger partial charge in [0.15, 0.2) is 0 Å². The fraction of sp³-hybridized carbons (Fsp3) is 0.0769. The molecule has 0 heterocycles. The van der Waals surface area contributed by atoms with Crippen molar-refractivity contribution in [3.63, 3.8) is 0 Å². The molecule has 0 saturated heterocycles. The Labute approximate surface area is 88.0 Å². The molecule has 76 valence electrons. The van der Waals surface area contributed by atoms with Crippen LogP contribution in [0.5, 0.6) is 0 Å². The molecule has 2 aromatic rings. The highest BCUT2D eigenvalue weighted by Crippen LogP contribution is 2.25. The Bertz CT molecular complexity index is 505. The largest absolute Gasteiger partial charge is 0.321 e. The summed E-state index contributed by atoms with van der Waals surface area (Å²) < 4.78 is 13.5. The molecule has 0 fully saturated rings. The van der Waals surface area contributed by atoms with Gasteiger partial charge in [0, 0.05) is 11.4 Å². The fourth-order valence-corrected chi connectivity index (χ4v) is 1.70. The number of nitrogens with two attached hydrogens (primary N) is 1. The molecule has 0 radical (unpaired) electrons. The molecule has 1 atom stereocenters. The number of rotatable bonds is 2. The summed E-state index contributed by atoms with van der Waals surface area (Å²) in [5.41, 5.74) is 6.77. The summed E-state index contributed by atoms with van der Waals surface area (Å²) in [5.74, 6) is -0.217. The summed E-state index contributed by atoms with van der Waals surface area (Å²) >= 11 is 0. The van der Waals surface area contributed by atoms with Crippen LogP contribution in [-0.4, -0.2) is 0 Å². The van der Waals surface area contributed by atoms with Crippen molar-refractivity contribution in [2.24, 2.45) is 5.73 Å². The Morgan fingerprint density at radius 1 is 1.13 bits per heavy atom. The third-order valence-corrected chi connectivity index (χ3v) is 2.52. The van der Waals surface area contributed by atoms with Crippen molar-refractivity contribution < 1.29 is 4.39 Å². The molecule has 0 spiro atoms. The molecule has 2 aromatic carbocycles. The molecule has 0 aliphatic rings. The minimum atomic E-state index is -0.254. The van der Waals surface area contributed by atoms with Gasteiger partial charge in [-0.3, -0.25) is 0 Å².